The highest BCUT2D eigenvalue weighted by Crippen LogP contribution is 2.49. The van der Waals surface area contributed by atoms with Gasteiger partial charge in [-0.1, -0.05) is 120 Å². The Morgan fingerprint density at radius 3 is 2.17 bits per heavy atom. The number of hydrogen-bond donors (Lipinski definition) is 0. The van der Waals surface area contributed by atoms with Crippen LogP contribution in [0.15, 0.2) is 108 Å². The molecule has 212 valence electrons. The largest absolute Gasteiger partial charge is 0.124 e. The van der Waals surface area contributed by atoms with Gasteiger partial charge in [-0.15, -0.1) is 24.6 Å². The molecule has 1 heterocycles. The van der Waals surface area contributed by atoms with Crippen molar-refractivity contribution in [3.05, 3.63) is 142 Å². The van der Waals surface area contributed by atoms with Gasteiger partial charge in [-0.3, -0.25) is 0 Å². The van der Waals surface area contributed by atoms with Gasteiger partial charge in [0.25, 0.3) is 0 Å². The van der Waals surface area contributed by atoms with E-state index in [9.17, 15) is 0 Å². The molecule has 0 saturated carbocycles. The van der Waals surface area contributed by atoms with Crippen LogP contribution >= 0.6 is 11.8 Å². The number of terminal acetylenes is 1. The summed E-state index contributed by atoms with van der Waals surface area (Å²) in [5.74, 6) is 0.986. The molecule has 1 aliphatic heterocycles. The molecule has 1 aliphatic carbocycles. The summed E-state index contributed by atoms with van der Waals surface area (Å²) in [5, 5.41) is 0. The Morgan fingerprint density at radius 1 is 0.810 bits per heavy atom. The summed E-state index contributed by atoms with van der Waals surface area (Å²) in [4.78, 5) is 1.42. The van der Waals surface area contributed by atoms with E-state index >= 15 is 0 Å². The monoisotopic (exact) mass is 566 g/mol. The van der Waals surface area contributed by atoms with Crippen molar-refractivity contribution in [1.82, 2.24) is 0 Å². The van der Waals surface area contributed by atoms with E-state index in [0.717, 1.165) is 18.6 Å². The van der Waals surface area contributed by atoms with Gasteiger partial charge in [-0.2, -0.15) is 0 Å². The fourth-order valence-corrected chi connectivity index (χ4v) is 7.42. The minimum absolute atomic E-state index is 0.0234. The summed E-state index contributed by atoms with van der Waals surface area (Å²) >= 11 is 1.98. The summed E-state index contributed by atoms with van der Waals surface area (Å²) in [6.45, 7) is 13.9. The molecule has 2 aliphatic rings. The molecule has 0 unspecified atom stereocenters. The first-order valence-corrected chi connectivity index (χ1v) is 15.9. The average Bonchev–Trinajstić information content (AvgIpc) is 3.24. The first-order valence-electron chi connectivity index (χ1n) is 14.9. The van der Waals surface area contributed by atoms with Crippen LogP contribution in [0.1, 0.15) is 73.6 Å². The van der Waals surface area contributed by atoms with E-state index in [1.54, 1.807) is 0 Å². The zero-order valence-electron chi connectivity index (χ0n) is 25.9. The molecular formula is C41H42S. The highest BCUT2D eigenvalue weighted by atomic mass is 32.2. The topological polar surface area (TPSA) is 0 Å². The zero-order chi connectivity index (χ0) is 30.1. The standard InChI is InChI=1S/C39H40S.C2H2/c1-26-12-7-8-13-31(26)33-23-29-24-34-32-14-9-10-15-35(32)39(5,6)36(34)16-11-21-40-37(29)25-28(33)22-27-17-19-30(20-18-27)38(2,3)4;1-2/h7-20,23,25H,21-22,24H2,1-6H3;1-2H/b16-11-;. The van der Waals surface area contributed by atoms with E-state index in [2.05, 4.69) is 151 Å². The fraction of sp³-hybridized carbons (Fsp3) is 0.268. The number of aryl methyl sites for hydroxylation is 1. The minimum Gasteiger partial charge on any atom is -0.124 e. The van der Waals surface area contributed by atoms with Crippen LogP contribution in [0, 0.1) is 19.8 Å². The minimum atomic E-state index is 0.0234. The van der Waals surface area contributed by atoms with Crippen LogP contribution in [0.2, 0.25) is 0 Å². The highest BCUT2D eigenvalue weighted by molar-refractivity contribution is 7.99. The quantitative estimate of drug-likeness (QED) is 0.222. The number of hydrogen-bond acceptors (Lipinski definition) is 1. The number of fused-ring (bicyclic) bond motifs is 3. The van der Waals surface area contributed by atoms with Gasteiger partial charge in [0.05, 0.1) is 0 Å². The van der Waals surface area contributed by atoms with E-state index < -0.39 is 0 Å². The predicted octanol–water partition coefficient (Wildman–Crippen LogP) is 10.7. The molecule has 4 aromatic carbocycles. The zero-order valence-corrected chi connectivity index (χ0v) is 26.7. The van der Waals surface area contributed by atoms with Gasteiger partial charge in [0, 0.05) is 16.1 Å². The van der Waals surface area contributed by atoms with Crippen LogP contribution in [0.25, 0.3) is 16.7 Å². The normalized spacial score (nSPS) is 16.1. The van der Waals surface area contributed by atoms with E-state index in [-0.39, 0.29) is 10.8 Å². The molecule has 0 fully saturated rings. The van der Waals surface area contributed by atoms with Crippen LogP contribution < -0.4 is 0 Å². The Bertz CT molecular complexity index is 1680. The Labute approximate surface area is 258 Å². The summed E-state index contributed by atoms with van der Waals surface area (Å²) in [6, 6.07) is 32.2. The molecule has 6 rings (SSSR count). The van der Waals surface area contributed by atoms with Crippen LogP contribution in [-0.4, -0.2) is 5.75 Å². The molecule has 0 bridgehead atoms. The molecule has 0 spiro atoms. The van der Waals surface area contributed by atoms with Gasteiger partial charge >= 0.3 is 0 Å². The average molecular weight is 567 g/mol. The maximum atomic E-state index is 4.00. The lowest BCUT2D eigenvalue weighted by molar-refractivity contribution is 0.590. The van der Waals surface area contributed by atoms with Crippen molar-refractivity contribution in [3.8, 4) is 24.0 Å². The molecule has 42 heavy (non-hydrogen) atoms. The lowest BCUT2D eigenvalue weighted by Crippen LogP contribution is -2.16. The number of rotatable bonds is 3. The molecule has 0 saturated heterocycles. The van der Waals surface area contributed by atoms with Crippen LogP contribution in [0.4, 0.5) is 0 Å². The Morgan fingerprint density at radius 2 is 1.48 bits per heavy atom. The van der Waals surface area contributed by atoms with Gasteiger partial charge in [0.1, 0.15) is 0 Å². The van der Waals surface area contributed by atoms with Gasteiger partial charge in [-0.05, 0) is 98.5 Å². The van der Waals surface area contributed by atoms with Gasteiger partial charge in [-0.25, -0.2) is 0 Å². The molecule has 0 atom stereocenters. The SMILES string of the molecule is C#C.Cc1ccccc1-c1cc2c(cc1Cc1ccc(C(C)(C)C)cc1)SC/C=C\C1=C(C2)c2ccccc2C1(C)C. The summed E-state index contributed by atoms with van der Waals surface area (Å²) in [6.07, 6.45) is 14.7. The smallest absolute Gasteiger partial charge is 0.0164 e. The molecule has 0 nitrogen and oxygen atoms in total. The maximum absolute atomic E-state index is 4.00. The molecule has 0 amide bonds. The number of allylic oxidation sites excluding steroid dienone is 3. The summed E-state index contributed by atoms with van der Waals surface area (Å²) < 4.78 is 0. The third-order valence-corrected chi connectivity index (χ3v) is 9.90. The van der Waals surface area contributed by atoms with Crippen molar-refractivity contribution in [1.29, 1.82) is 0 Å². The van der Waals surface area contributed by atoms with Crippen LogP contribution in [-0.2, 0) is 23.7 Å². The highest BCUT2D eigenvalue weighted by Gasteiger charge is 2.36. The Balaban J connectivity index is 0.00000173. The number of thioether (sulfide) groups is 1. The second kappa shape index (κ2) is 11.9. The molecule has 0 radical (unpaired) electrons. The van der Waals surface area contributed by atoms with E-state index in [1.807, 2.05) is 11.8 Å². The molecule has 4 aromatic rings. The first-order chi connectivity index (χ1) is 20.1. The molecular weight excluding hydrogens is 525 g/mol. The Hall–Kier alpha value is -3.73. The second-order valence-electron chi connectivity index (χ2n) is 13.0. The molecule has 0 N–H and O–H groups in total. The van der Waals surface area contributed by atoms with Crippen molar-refractivity contribution in [2.75, 3.05) is 5.75 Å². The van der Waals surface area contributed by atoms with Gasteiger partial charge < -0.3 is 0 Å². The summed E-state index contributed by atoms with van der Waals surface area (Å²) in [5.41, 5.74) is 15.7. The van der Waals surface area contributed by atoms with Crippen molar-refractivity contribution in [3.63, 3.8) is 0 Å². The van der Waals surface area contributed by atoms with E-state index in [1.165, 1.54) is 66.1 Å². The number of benzene rings is 4. The van der Waals surface area contributed by atoms with E-state index in [0.29, 0.717) is 0 Å². The second-order valence-corrected chi connectivity index (χ2v) is 14.1. The summed E-state index contributed by atoms with van der Waals surface area (Å²) in [7, 11) is 0. The lowest BCUT2D eigenvalue weighted by Gasteiger charge is -2.22. The van der Waals surface area contributed by atoms with E-state index in [4.69, 9.17) is 0 Å². The third kappa shape index (κ3) is 5.66. The lowest BCUT2D eigenvalue weighted by atomic mass is 9.81. The van der Waals surface area contributed by atoms with Crippen LogP contribution in [0.5, 0.6) is 0 Å². The third-order valence-electron chi connectivity index (χ3n) is 8.85. The van der Waals surface area contributed by atoms with Crippen molar-refractivity contribution < 1.29 is 0 Å². The van der Waals surface area contributed by atoms with Crippen molar-refractivity contribution in [2.45, 2.75) is 70.1 Å². The maximum Gasteiger partial charge on any atom is 0.0164 e. The molecule has 1 heteroatoms. The Kier molecular flexibility index (Phi) is 8.41. The van der Waals surface area contributed by atoms with Gasteiger partial charge in [0.15, 0.2) is 0 Å². The van der Waals surface area contributed by atoms with Gasteiger partial charge in [0.2, 0.25) is 0 Å². The predicted molar refractivity (Wildman–Crippen MR) is 184 cm³/mol. The first kappa shape index (κ1) is 29.8. The fourth-order valence-electron chi connectivity index (χ4n) is 6.51. The van der Waals surface area contributed by atoms with Crippen molar-refractivity contribution in [2.24, 2.45) is 0 Å². The van der Waals surface area contributed by atoms with Crippen LogP contribution in [0.3, 0.4) is 0 Å². The molecule has 0 aromatic heterocycles. The van der Waals surface area contributed by atoms with Crippen molar-refractivity contribution >= 4 is 17.3 Å².